The minimum absolute atomic E-state index is 0.247. The third kappa shape index (κ3) is 1.69. The van der Waals surface area contributed by atoms with Crippen molar-refractivity contribution in [2.45, 2.75) is 11.8 Å². The Hall–Kier alpha value is -1.53. The Morgan fingerprint density at radius 2 is 1.88 bits per heavy atom. The standard InChI is InChI=1S/C11H11F3N2O/c12-11(13,14)10(17,6-15)8-5-16-9-4-2-1-3-7(8)9/h1-5,16-17H,6,15H2/t10-/m1/s1. The zero-order chi connectivity index (χ0) is 12.7. The Morgan fingerprint density at radius 1 is 1.24 bits per heavy atom. The molecule has 0 amide bonds. The van der Waals surface area contributed by atoms with E-state index in [1.165, 1.54) is 6.07 Å². The van der Waals surface area contributed by atoms with Crippen LogP contribution in [0, 0.1) is 0 Å². The second-order valence-corrected chi connectivity index (χ2v) is 3.81. The second-order valence-electron chi connectivity index (χ2n) is 3.81. The van der Waals surface area contributed by atoms with Gasteiger partial charge in [-0.15, -0.1) is 0 Å². The predicted molar refractivity (Wildman–Crippen MR) is 57.3 cm³/mol. The van der Waals surface area contributed by atoms with Gasteiger partial charge in [0.1, 0.15) is 0 Å². The highest BCUT2D eigenvalue weighted by Gasteiger charge is 2.55. The molecule has 2 aromatic rings. The average Bonchev–Trinajstić information content (AvgIpc) is 2.70. The van der Waals surface area contributed by atoms with E-state index in [0.717, 1.165) is 6.20 Å². The van der Waals surface area contributed by atoms with Crippen LogP contribution in [0.25, 0.3) is 10.9 Å². The first-order valence-electron chi connectivity index (χ1n) is 4.96. The average molecular weight is 244 g/mol. The molecule has 6 heteroatoms. The number of benzene rings is 1. The number of aromatic amines is 1. The number of rotatable bonds is 2. The van der Waals surface area contributed by atoms with Gasteiger partial charge in [-0.1, -0.05) is 18.2 Å². The molecule has 1 atom stereocenters. The third-order valence-corrected chi connectivity index (χ3v) is 2.80. The number of aromatic nitrogens is 1. The number of para-hydroxylation sites is 1. The Labute approximate surface area is 95.0 Å². The number of nitrogens with two attached hydrogens (primary N) is 1. The van der Waals surface area contributed by atoms with Crippen LogP contribution in [0.2, 0.25) is 0 Å². The van der Waals surface area contributed by atoms with Gasteiger partial charge < -0.3 is 15.8 Å². The van der Waals surface area contributed by atoms with Crippen LogP contribution >= 0.6 is 0 Å². The van der Waals surface area contributed by atoms with Crippen LogP contribution in [-0.2, 0) is 5.60 Å². The van der Waals surface area contributed by atoms with Crippen molar-refractivity contribution in [1.82, 2.24) is 4.98 Å². The van der Waals surface area contributed by atoms with Gasteiger partial charge in [0, 0.05) is 29.2 Å². The lowest BCUT2D eigenvalue weighted by molar-refractivity contribution is -0.261. The largest absolute Gasteiger partial charge is 0.422 e. The summed E-state index contributed by atoms with van der Waals surface area (Å²) in [5, 5.41) is 10.1. The molecule has 0 fully saturated rings. The van der Waals surface area contributed by atoms with E-state index in [1.807, 2.05) is 0 Å². The number of halogens is 3. The van der Waals surface area contributed by atoms with Crippen LogP contribution in [0.3, 0.4) is 0 Å². The molecule has 0 unspecified atom stereocenters. The quantitative estimate of drug-likeness (QED) is 0.755. The van der Waals surface area contributed by atoms with Crippen LogP contribution < -0.4 is 5.73 Å². The summed E-state index contributed by atoms with van der Waals surface area (Å²) in [6.07, 6.45) is -3.67. The van der Waals surface area contributed by atoms with Gasteiger partial charge in [-0.2, -0.15) is 13.2 Å². The molecule has 0 bridgehead atoms. The molecule has 92 valence electrons. The molecular weight excluding hydrogens is 233 g/mol. The predicted octanol–water partition coefficient (Wildman–Crippen LogP) is 1.88. The van der Waals surface area contributed by atoms with Gasteiger partial charge in [0.05, 0.1) is 0 Å². The molecule has 0 saturated carbocycles. The summed E-state index contributed by atoms with van der Waals surface area (Å²) < 4.78 is 38.6. The molecule has 0 aliphatic heterocycles. The van der Waals surface area contributed by atoms with Crippen molar-refractivity contribution in [2.75, 3.05) is 6.54 Å². The SMILES string of the molecule is NC[C@@](O)(c1c[nH]c2ccccc12)C(F)(F)F. The summed E-state index contributed by atoms with van der Waals surface area (Å²) in [5.74, 6) is 0. The molecular formula is C11H11F3N2O. The zero-order valence-corrected chi connectivity index (χ0v) is 8.75. The Morgan fingerprint density at radius 3 is 2.47 bits per heavy atom. The number of H-pyrrole nitrogens is 1. The molecule has 0 aliphatic carbocycles. The van der Waals surface area contributed by atoms with E-state index >= 15 is 0 Å². The smallest absolute Gasteiger partial charge is 0.375 e. The maximum atomic E-state index is 12.9. The van der Waals surface area contributed by atoms with Crippen molar-refractivity contribution in [2.24, 2.45) is 5.73 Å². The van der Waals surface area contributed by atoms with Crippen molar-refractivity contribution in [1.29, 1.82) is 0 Å². The van der Waals surface area contributed by atoms with Crippen LogP contribution in [-0.4, -0.2) is 22.8 Å². The van der Waals surface area contributed by atoms with Gasteiger partial charge in [0.2, 0.25) is 0 Å². The van der Waals surface area contributed by atoms with Crippen molar-refractivity contribution in [3.05, 3.63) is 36.0 Å². The number of alkyl halides is 3. The normalized spacial score (nSPS) is 16.1. The summed E-state index contributed by atoms with van der Waals surface area (Å²) in [6.45, 7) is -0.918. The Bertz CT molecular complexity index is 535. The molecule has 0 radical (unpaired) electrons. The summed E-state index contributed by atoms with van der Waals surface area (Å²) in [6, 6.07) is 6.43. The van der Waals surface area contributed by atoms with Crippen molar-refractivity contribution in [3.63, 3.8) is 0 Å². The molecule has 17 heavy (non-hydrogen) atoms. The van der Waals surface area contributed by atoms with E-state index in [9.17, 15) is 18.3 Å². The lowest BCUT2D eigenvalue weighted by atomic mass is 9.93. The molecule has 0 spiro atoms. The summed E-state index contributed by atoms with van der Waals surface area (Å²) in [4.78, 5) is 2.68. The van der Waals surface area contributed by atoms with E-state index in [2.05, 4.69) is 4.98 Å². The molecule has 4 N–H and O–H groups in total. The fourth-order valence-corrected chi connectivity index (χ4v) is 1.79. The number of hydrogen-bond acceptors (Lipinski definition) is 2. The van der Waals surface area contributed by atoms with Crippen molar-refractivity contribution >= 4 is 10.9 Å². The topological polar surface area (TPSA) is 62.0 Å². The summed E-state index contributed by atoms with van der Waals surface area (Å²) in [7, 11) is 0. The van der Waals surface area contributed by atoms with Crippen LogP contribution in [0.5, 0.6) is 0 Å². The molecule has 0 aliphatic rings. The third-order valence-electron chi connectivity index (χ3n) is 2.80. The van der Waals surface area contributed by atoms with Crippen molar-refractivity contribution < 1.29 is 18.3 Å². The minimum Gasteiger partial charge on any atom is -0.375 e. The molecule has 2 rings (SSSR count). The maximum Gasteiger partial charge on any atom is 0.422 e. The van der Waals surface area contributed by atoms with Gasteiger partial charge in [0.25, 0.3) is 0 Å². The number of hydrogen-bond donors (Lipinski definition) is 3. The lowest BCUT2D eigenvalue weighted by Crippen LogP contribution is -2.48. The van der Waals surface area contributed by atoms with Gasteiger partial charge in [-0.3, -0.25) is 0 Å². The summed E-state index contributed by atoms with van der Waals surface area (Å²) >= 11 is 0. The molecule has 1 aromatic carbocycles. The molecule has 1 aromatic heterocycles. The highest BCUT2D eigenvalue weighted by atomic mass is 19.4. The fourth-order valence-electron chi connectivity index (χ4n) is 1.79. The highest BCUT2D eigenvalue weighted by molar-refractivity contribution is 5.84. The number of nitrogens with one attached hydrogen (secondary N) is 1. The van der Waals surface area contributed by atoms with E-state index in [-0.39, 0.29) is 5.56 Å². The molecule has 3 nitrogen and oxygen atoms in total. The van der Waals surface area contributed by atoms with Gasteiger partial charge in [0.15, 0.2) is 5.60 Å². The maximum absolute atomic E-state index is 12.9. The first-order chi connectivity index (χ1) is 7.90. The lowest BCUT2D eigenvalue weighted by Gasteiger charge is -2.28. The second kappa shape index (κ2) is 3.75. The van der Waals surface area contributed by atoms with Gasteiger partial charge >= 0.3 is 6.18 Å². The van der Waals surface area contributed by atoms with Gasteiger partial charge in [-0.25, -0.2) is 0 Å². The minimum atomic E-state index is -4.81. The Kier molecular flexibility index (Phi) is 2.63. The summed E-state index contributed by atoms with van der Waals surface area (Å²) in [5.41, 5.74) is 2.35. The first-order valence-corrected chi connectivity index (χ1v) is 4.96. The molecule has 0 saturated heterocycles. The Balaban J connectivity index is 2.66. The van der Waals surface area contributed by atoms with Crippen LogP contribution in [0.1, 0.15) is 5.56 Å². The monoisotopic (exact) mass is 244 g/mol. The first kappa shape index (κ1) is 11.9. The fraction of sp³-hybridized carbons (Fsp3) is 0.273. The number of aliphatic hydroxyl groups is 1. The van der Waals surface area contributed by atoms with E-state index in [1.54, 1.807) is 18.2 Å². The van der Waals surface area contributed by atoms with E-state index in [4.69, 9.17) is 5.73 Å². The van der Waals surface area contributed by atoms with Crippen LogP contribution in [0.4, 0.5) is 13.2 Å². The van der Waals surface area contributed by atoms with Crippen LogP contribution in [0.15, 0.2) is 30.5 Å². The number of fused-ring (bicyclic) bond motifs is 1. The van der Waals surface area contributed by atoms with Crippen molar-refractivity contribution in [3.8, 4) is 0 Å². The highest BCUT2D eigenvalue weighted by Crippen LogP contribution is 2.40. The zero-order valence-electron chi connectivity index (χ0n) is 8.75. The van der Waals surface area contributed by atoms with E-state index < -0.39 is 18.3 Å². The molecule has 1 heterocycles. The van der Waals surface area contributed by atoms with Gasteiger partial charge in [-0.05, 0) is 6.07 Å². The van der Waals surface area contributed by atoms with E-state index in [0.29, 0.717) is 10.9 Å².